The SMILES string of the molecule is CC1(C)CC(NC2CCCNC2)C1. The average Bonchev–Trinajstić information content (AvgIpc) is 2.03. The molecule has 0 radical (unpaired) electrons. The molecule has 0 amide bonds. The minimum atomic E-state index is 0.611. The van der Waals surface area contributed by atoms with Crippen molar-refractivity contribution in [2.24, 2.45) is 5.41 Å². The predicted molar refractivity (Wildman–Crippen MR) is 55.8 cm³/mol. The molecular formula is C11H22N2. The summed E-state index contributed by atoms with van der Waals surface area (Å²) in [6.45, 7) is 7.12. The average molecular weight is 182 g/mol. The maximum atomic E-state index is 3.75. The maximum absolute atomic E-state index is 3.75. The summed E-state index contributed by atoms with van der Waals surface area (Å²) < 4.78 is 0. The molecule has 0 bridgehead atoms. The highest BCUT2D eigenvalue weighted by atomic mass is 15.0. The smallest absolute Gasteiger partial charge is 0.0195 e. The molecule has 1 aliphatic carbocycles. The summed E-state index contributed by atoms with van der Waals surface area (Å²) in [4.78, 5) is 0. The third-order valence-electron chi connectivity index (χ3n) is 3.37. The van der Waals surface area contributed by atoms with E-state index in [1.165, 1.54) is 38.8 Å². The van der Waals surface area contributed by atoms with Crippen LogP contribution in [-0.4, -0.2) is 25.2 Å². The van der Waals surface area contributed by atoms with Gasteiger partial charge < -0.3 is 10.6 Å². The van der Waals surface area contributed by atoms with Gasteiger partial charge in [0.2, 0.25) is 0 Å². The van der Waals surface area contributed by atoms with Crippen LogP contribution in [0.5, 0.6) is 0 Å². The van der Waals surface area contributed by atoms with Crippen molar-refractivity contribution in [1.29, 1.82) is 0 Å². The standard InChI is InChI=1S/C11H22N2/c1-11(2)6-10(7-11)13-9-4-3-5-12-8-9/h9-10,12-13H,3-8H2,1-2H3. The van der Waals surface area contributed by atoms with Crippen molar-refractivity contribution in [3.8, 4) is 0 Å². The highest BCUT2D eigenvalue weighted by Gasteiger charge is 2.36. The number of nitrogens with one attached hydrogen (secondary N) is 2. The lowest BCUT2D eigenvalue weighted by Crippen LogP contribution is -2.53. The van der Waals surface area contributed by atoms with Crippen LogP contribution in [0.2, 0.25) is 0 Å². The van der Waals surface area contributed by atoms with Crippen LogP contribution in [0.4, 0.5) is 0 Å². The maximum Gasteiger partial charge on any atom is 0.0195 e. The topological polar surface area (TPSA) is 24.1 Å². The lowest BCUT2D eigenvalue weighted by molar-refractivity contribution is 0.112. The molecule has 2 rings (SSSR count). The summed E-state index contributed by atoms with van der Waals surface area (Å²) in [5.41, 5.74) is 0.611. The van der Waals surface area contributed by atoms with Crippen LogP contribution in [0.15, 0.2) is 0 Å². The molecule has 2 aliphatic rings. The Hall–Kier alpha value is -0.0800. The number of rotatable bonds is 2. The van der Waals surface area contributed by atoms with Crippen LogP contribution in [0, 0.1) is 5.41 Å². The van der Waals surface area contributed by atoms with Crippen LogP contribution < -0.4 is 10.6 Å². The van der Waals surface area contributed by atoms with Crippen LogP contribution in [0.3, 0.4) is 0 Å². The van der Waals surface area contributed by atoms with Crippen molar-refractivity contribution in [1.82, 2.24) is 10.6 Å². The van der Waals surface area contributed by atoms with E-state index in [-0.39, 0.29) is 0 Å². The molecular weight excluding hydrogens is 160 g/mol. The van der Waals surface area contributed by atoms with Crippen LogP contribution >= 0.6 is 0 Å². The lowest BCUT2D eigenvalue weighted by atomic mass is 9.68. The number of piperidine rings is 1. The molecule has 1 heterocycles. The van der Waals surface area contributed by atoms with Gasteiger partial charge >= 0.3 is 0 Å². The van der Waals surface area contributed by atoms with E-state index in [0.717, 1.165) is 12.1 Å². The van der Waals surface area contributed by atoms with E-state index in [1.54, 1.807) is 0 Å². The Labute approximate surface area is 81.5 Å². The van der Waals surface area contributed by atoms with Crippen molar-refractivity contribution in [2.45, 2.75) is 51.6 Å². The molecule has 0 aromatic carbocycles. The molecule has 1 saturated carbocycles. The largest absolute Gasteiger partial charge is 0.315 e. The van der Waals surface area contributed by atoms with Gasteiger partial charge in [0.05, 0.1) is 0 Å². The zero-order chi connectivity index (χ0) is 9.31. The van der Waals surface area contributed by atoms with Crippen LogP contribution in [0.1, 0.15) is 39.5 Å². The molecule has 2 nitrogen and oxygen atoms in total. The lowest BCUT2D eigenvalue weighted by Gasteiger charge is -2.45. The number of hydrogen-bond acceptors (Lipinski definition) is 2. The van der Waals surface area contributed by atoms with Crippen molar-refractivity contribution in [3.05, 3.63) is 0 Å². The molecule has 1 saturated heterocycles. The number of hydrogen-bond donors (Lipinski definition) is 2. The monoisotopic (exact) mass is 182 g/mol. The van der Waals surface area contributed by atoms with E-state index in [1.807, 2.05) is 0 Å². The Kier molecular flexibility index (Phi) is 2.61. The molecule has 2 heteroatoms. The van der Waals surface area contributed by atoms with Crippen LogP contribution in [-0.2, 0) is 0 Å². The first kappa shape index (κ1) is 9.47. The second-order valence-corrected chi connectivity index (χ2v) is 5.48. The second kappa shape index (κ2) is 3.58. The Morgan fingerprint density at radius 1 is 1.23 bits per heavy atom. The van der Waals surface area contributed by atoms with Gasteiger partial charge in [0.1, 0.15) is 0 Å². The highest BCUT2D eigenvalue weighted by molar-refractivity contribution is 4.93. The fourth-order valence-corrected chi connectivity index (χ4v) is 2.72. The van der Waals surface area contributed by atoms with Gasteiger partial charge in [-0.2, -0.15) is 0 Å². The molecule has 2 N–H and O–H groups in total. The fraction of sp³-hybridized carbons (Fsp3) is 1.00. The van der Waals surface area contributed by atoms with Crippen molar-refractivity contribution >= 4 is 0 Å². The first-order valence-corrected chi connectivity index (χ1v) is 5.62. The molecule has 0 aromatic heterocycles. The van der Waals surface area contributed by atoms with E-state index in [9.17, 15) is 0 Å². The van der Waals surface area contributed by atoms with Gasteiger partial charge in [-0.05, 0) is 37.6 Å². The fourth-order valence-electron chi connectivity index (χ4n) is 2.72. The molecule has 1 aliphatic heterocycles. The molecule has 2 fully saturated rings. The van der Waals surface area contributed by atoms with Gasteiger partial charge in [-0.25, -0.2) is 0 Å². The summed E-state index contributed by atoms with van der Waals surface area (Å²) in [7, 11) is 0. The molecule has 0 spiro atoms. The summed E-state index contributed by atoms with van der Waals surface area (Å²) in [5, 5.41) is 7.20. The Morgan fingerprint density at radius 3 is 2.54 bits per heavy atom. The minimum Gasteiger partial charge on any atom is -0.315 e. The van der Waals surface area contributed by atoms with E-state index in [4.69, 9.17) is 0 Å². The van der Waals surface area contributed by atoms with Gasteiger partial charge in [0.25, 0.3) is 0 Å². The first-order chi connectivity index (χ1) is 6.16. The van der Waals surface area contributed by atoms with Gasteiger partial charge in [-0.3, -0.25) is 0 Å². The predicted octanol–water partition coefficient (Wildman–Crippen LogP) is 1.52. The zero-order valence-electron chi connectivity index (χ0n) is 8.90. The second-order valence-electron chi connectivity index (χ2n) is 5.48. The third kappa shape index (κ3) is 2.44. The molecule has 1 unspecified atom stereocenters. The Balaban J connectivity index is 1.68. The van der Waals surface area contributed by atoms with Crippen molar-refractivity contribution in [2.75, 3.05) is 13.1 Å². The van der Waals surface area contributed by atoms with Gasteiger partial charge in [0.15, 0.2) is 0 Å². The van der Waals surface area contributed by atoms with Gasteiger partial charge in [0, 0.05) is 18.6 Å². The summed E-state index contributed by atoms with van der Waals surface area (Å²) in [6.07, 6.45) is 5.44. The highest BCUT2D eigenvalue weighted by Crippen LogP contribution is 2.40. The van der Waals surface area contributed by atoms with Gasteiger partial charge in [-0.1, -0.05) is 13.8 Å². The van der Waals surface area contributed by atoms with Crippen molar-refractivity contribution < 1.29 is 0 Å². The van der Waals surface area contributed by atoms with E-state index in [2.05, 4.69) is 24.5 Å². The zero-order valence-corrected chi connectivity index (χ0v) is 8.90. The van der Waals surface area contributed by atoms with E-state index in [0.29, 0.717) is 5.41 Å². The summed E-state index contributed by atoms with van der Waals surface area (Å²) in [6, 6.07) is 1.55. The third-order valence-corrected chi connectivity index (χ3v) is 3.37. The molecule has 76 valence electrons. The first-order valence-electron chi connectivity index (χ1n) is 5.62. The minimum absolute atomic E-state index is 0.611. The summed E-state index contributed by atoms with van der Waals surface area (Å²) in [5.74, 6) is 0. The summed E-state index contributed by atoms with van der Waals surface area (Å²) >= 11 is 0. The van der Waals surface area contributed by atoms with Crippen LogP contribution in [0.25, 0.3) is 0 Å². The van der Waals surface area contributed by atoms with Gasteiger partial charge in [-0.15, -0.1) is 0 Å². The molecule has 1 atom stereocenters. The quantitative estimate of drug-likeness (QED) is 0.676. The Bertz CT molecular complexity index is 163. The molecule has 13 heavy (non-hydrogen) atoms. The van der Waals surface area contributed by atoms with Crippen molar-refractivity contribution in [3.63, 3.8) is 0 Å². The van der Waals surface area contributed by atoms with E-state index < -0.39 is 0 Å². The molecule has 0 aromatic rings. The van der Waals surface area contributed by atoms with E-state index >= 15 is 0 Å². The Morgan fingerprint density at radius 2 is 2.00 bits per heavy atom. The normalized spacial score (nSPS) is 34.2.